The summed E-state index contributed by atoms with van der Waals surface area (Å²) in [5.41, 5.74) is 2.84. The molecule has 0 aliphatic rings. The topological polar surface area (TPSA) is 91.4 Å². The SMILES string of the molecule is Cc1ccc(NC(=O)Cc2csc(NC(=O)CN(C(=O)c3ccc(Cl)cc3)C(C)C)n2)cc1. The van der Waals surface area contributed by atoms with E-state index in [0.29, 0.717) is 27.1 Å². The molecule has 1 aromatic heterocycles. The van der Waals surface area contributed by atoms with Gasteiger partial charge in [-0.3, -0.25) is 14.4 Å². The summed E-state index contributed by atoms with van der Waals surface area (Å²) in [7, 11) is 0. The summed E-state index contributed by atoms with van der Waals surface area (Å²) in [6.45, 7) is 5.54. The van der Waals surface area contributed by atoms with Gasteiger partial charge >= 0.3 is 0 Å². The van der Waals surface area contributed by atoms with Crippen LogP contribution in [0.4, 0.5) is 10.8 Å². The van der Waals surface area contributed by atoms with Crippen molar-refractivity contribution >= 4 is 51.5 Å². The van der Waals surface area contributed by atoms with Crippen LogP contribution in [-0.2, 0) is 16.0 Å². The lowest BCUT2D eigenvalue weighted by Gasteiger charge is -2.26. The third kappa shape index (κ3) is 7.13. The zero-order valence-corrected chi connectivity index (χ0v) is 20.2. The minimum Gasteiger partial charge on any atom is -0.327 e. The van der Waals surface area contributed by atoms with E-state index in [4.69, 9.17) is 11.6 Å². The van der Waals surface area contributed by atoms with Gasteiger partial charge in [0.1, 0.15) is 6.54 Å². The average molecular weight is 485 g/mol. The number of rotatable bonds is 8. The summed E-state index contributed by atoms with van der Waals surface area (Å²) in [4.78, 5) is 43.5. The van der Waals surface area contributed by atoms with Crippen molar-refractivity contribution in [3.8, 4) is 0 Å². The van der Waals surface area contributed by atoms with E-state index in [1.807, 2.05) is 45.0 Å². The van der Waals surface area contributed by atoms with Crippen molar-refractivity contribution in [2.45, 2.75) is 33.2 Å². The van der Waals surface area contributed by atoms with E-state index < -0.39 is 0 Å². The molecule has 0 saturated heterocycles. The quantitative estimate of drug-likeness (QED) is 0.481. The van der Waals surface area contributed by atoms with Crippen LogP contribution in [0, 0.1) is 6.92 Å². The predicted molar refractivity (Wildman–Crippen MR) is 132 cm³/mol. The van der Waals surface area contributed by atoms with Gasteiger partial charge in [0.2, 0.25) is 11.8 Å². The molecule has 172 valence electrons. The van der Waals surface area contributed by atoms with Gasteiger partial charge in [-0.05, 0) is 57.2 Å². The van der Waals surface area contributed by atoms with Crippen LogP contribution in [0.3, 0.4) is 0 Å². The number of halogens is 1. The Kier molecular flexibility index (Phi) is 8.19. The lowest BCUT2D eigenvalue weighted by Crippen LogP contribution is -2.42. The Labute approximate surface area is 201 Å². The monoisotopic (exact) mass is 484 g/mol. The van der Waals surface area contributed by atoms with Crippen LogP contribution < -0.4 is 10.6 Å². The molecule has 0 bridgehead atoms. The number of aryl methyl sites for hydroxylation is 1. The standard InChI is InChI=1S/C24H25ClN4O3S/c1-15(2)29(23(32)17-6-8-18(25)9-7-17)13-22(31)28-24-27-20(14-33-24)12-21(30)26-19-10-4-16(3)5-11-19/h4-11,14-15H,12-13H2,1-3H3,(H,26,30)(H,27,28,31). The summed E-state index contributed by atoms with van der Waals surface area (Å²) in [6, 6.07) is 13.9. The Morgan fingerprint density at radius 2 is 1.67 bits per heavy atom. The van der Waals surface area contributed by atoms with E-state index in [9.17, 15) is 14.4 Å². The molecule has 0 radical (unpaired) electrons. The minimum absolute atomic E-state index is 0.0907. The number of thiazole rings is 1. The largest absolute Gasteiger partial charge is 0.327 e. The van der Waals surface area contributed by atoms with Crippen molar-refractivity contribution in [1.29, 1.82) is 0 Å². The summed E-state index contributed by atoms with van der Waals surface area (Å²) in [6.07, 6.45) is 0.0907. The Morgan fingerprint density at radius 3 is 2.30 bits per heavy atom. The van der Waals surface area contributed by atoms with Crippen molar-refractivity contribution < 1.29 is 14.4 Å². The van der Waals surface area contributed by atoms with Crippen LogP contribution in [0.15, 0.2) is 53.9 Å². The Morgan fingerprint density at radius 1 is 1.00 bits per heavy atom. The van der Waals surface area contributed by atoms with Gasteiger partial charge in [-0.25, -0.2) is 4.98 Å². The van der Waals surface area contributed by atoms with E-state index in [-0.39, 0.29) is 36.7 Å². The zero-order valence-electron chi connectivity index (χ0n) is 18.6. The zero-order chi connectivity index (χ0) is 24.0. The van der Waals surface area contributed by atoms with Gasteiger partial charge in [-0.2, -0.15) is 0 Å². The van der Waals surface area contributed by atoms with Crippen molar-refractivity contribution in [2.75, 3.05) is 17.2 Å². The lowest BCUT2D eigenvalue weighted by atomic mass is 10.1. The lowest BCUT2D eigenvalue weighted by molar-refractivity contribution is -0.117. The van der Waals surface area contributed by atoms with Gasteiger partial charge in [0.05, 0.1) is 12.1 Å². The molecular weight excluding hydrogens is 460 g/mol. The molecule has 3 amide bonds. The fraction of sp³-hybridized carbons (Fsp3) is 0.250. The third-order valence-corrected chi connectivity index (χ3v) is 5.82. The molecule has 1 heterocycles. The maximum absolute atomic E-state index is 12.8. The number of benzene rings is 2. The number of carbonyl (C=O) groups is 3. The Bertz CT molecular complexity index is 1130. The number of nitrogens with one attached hydrogen (secondary N) is 2. The second kappa shape index (κ2) is 11.1. The normalized spacial score (nSPS) is 10.7. The molecule has 9 heteroatoms. The Balaban J connectivity index is 1.56. The highest BCUT2D eigenvalue weighted by atomic mass is 35.5. The van der Waals surface area contributed by atoms with Gasteiger partial charge in [-0.1, -0.05) is 29.3 Å². The molecule has 0 aliphatic heterocycles. The maximum Gasteiger partial charge on any atom is 0.254 e. The summed E-state index contributed by atoms with van der Waals surface area (Å²) >= 11 is 7.12. The molecule has 0 aliphatic carbocycles. The molecule has 0 fully saturated rings. The molecule has 2 aromatic carbocycles. The van der Waals surface area contributed by atoms with Crippen molar-refractivity contribution in [3.05, 3.63) is 75.8 Å². The number of carbonyl (C=O) groups excluding carboxylic acids is 3. The molecule has 7 nitrogen and oxygen atoms in total. The van der Waals surface area contributed by atoms with Gasteiger partial charge in [-0.15, -0.1) is 11.3 Å². The van der Waals surface area contributed by atoms with E-state index in [1.165, 1.54) is 16.2 Å². The molecule has 0 unspecified atom stereocenters. The van der Waals surface area contributed by atoms with E-state index in [2.05, 4.69) is 15.6 Å². The van der Waals surface area contributed by atoms with Crippen molar-refractivity contribution in [2.24, 2.45) is 0 Å². The molecule has 0 atom stereocenters. The first kappa shape index (κ1) is 24.4. The van der Waals surface area contributed by atoms with Gasteiger partial charge in [0.15, 0.2) is 5.13 Å². The van der Waals surface area contributed by atoms with Gasteiger partial charge in [0.25, 0.3) is 5.91 Å². The van der Waals surface area contributed by atoms with E-state index >= 15 is 0 Å². The predicted octanol–water partition coefficient (Wildman–Crippen LogP) is 4.78. The molecule has 3 rings (SSSR count). The fourth-order valence-electron chi connectivity index (χ4n) is 3.01. The second-order valence-corrected chi connectivity index (χ2v) is 9.11. The summed E-state index contributed by atoms with van der Waals surface area (Å²) < 4.78 is 0. The van der Waals surface area contributed by atoms with Crippen molar-refractivity contribution in [1.82, 2.24) is 9.88 Å². The molecule has 0 saturated carbocycles. The number of aromatic nitrogens is 1. The molecule has 3 aromatic rings. The van der Waals surface area contributed by atoms with E-state index in [0.717, 1.165) is 5.56 Å². The van der Waals surface area contributed by atoms with Crippen LogP contribution in [0.5, 0.6) is 0 Å². The highest BCUT2D eigenvalue weighted by molar-refractivity contribution is 7.13. The van der Waals surface area contributed by atoms with Crippen LogP contribution in [0.1, 0.15) is 35.5 Å². The Hall–Kier alpha value is -3.23. The number of amides is 3. The smallest absolute Gasteiger partial charge is 0.254 e. The summed E-state index contributed by atoms with van der Waals surface area (Å²) in [5.74, 6) is -0.818. The fourth-order valence-corrected chi connectivity index (χ4v) is 3.87. The first-order valence-electron chi connectivity index (χ1n) is 10.4. The van der Waals surface area contributed by atoms with Gasteiger partial charge in [0, 0.05) is 27.7 Å². The first-order chi connectivity index (χ1) is 15.7. The molecule has 2 N–H and O–H groups in total. The minimum atomic E-state index is -0.365. The van der Waals surface area contributed by atoms with Crippen LogP contribution in [-0.4, -0.2) is 40.2 Å². The van der Waals surface area contributed by atoms with Gasteiger partial charge < -0.3 is 15.5 Å². The second-order valence-electron chi connectivity index (χ2n) is 7.82. The molecule has 0 spiro atoms. The molecular formula is C24H25ClN4O3S. The number of hydrogen-bond donors (Lipinski definition) is 2. The van der Waals surface area contributed by atoms with Crippen LogP contribution in [0.2, 0.25) is 5.02 Å². The van der Waals surface area contributed by atoms with E-state index in [1.54, 1.807) is 29.6 Å². The number of anilines is 2. The highest BCUT2D eigenvalue weighted by Crippen LogP contribution is 2.18. The number of nitrogens with zero attached hydrogens (tertiary/aromatic N) is 2. The van der Waals surface area contributed by atoms with Crippen LogP contribution in [0.25, 0.3) is 0 Å². The highest BCUT2D eigenvalue weighted by Gasteiger charge is 2.22. The average Bonchev–Trinajstić information content (AvgIpc) is 3.19. The first-order valence-corrected chi connectivity index (χ1v) is 11.6. The van der Waals surface area contributed by atoms with Crippen molar-refractivity contribution in [3.63, 3.8) is 0 Å². The van der Waals surface area contributed by atoms with Crippen LogP contribution >= 0.6 is 22.9 Å². The maximum atomic E-state index is 12.8. The third-order valence-electron chi connectivity index (χ3n) is 4.76. The molecule has 33 heavy (non-hydrogen) atoms. The summed E-state index contributed by atoms with van der Waals surface area (Å²) in [5, 5.41) is 8.17. The number of hydrogen-bond acceptors (Lipinski definition) is 5.